The summed E-state index contributed by atoms with van der Waals surface area (Å²) in [5.41, 5.74) is 1.18. The second-order valence-electron chi connectivity index (χ2n) is 4.98. The molecule has 2 rings (SSSR count). The standard InChI is InChI=1S/C16H22N2O2/c1-17(20-2)16(19)15-11-7-13-18(15)12-6-10-14-8-4-3-5-9-14/h3-6,8-10,15H,7,11-13H2,1-2H3/b10-6+/t15-/m0/s1. The SMILES string of the molecule is CON(C)C(=O)[C@@H]1CCCN1C/C=C/c1ccccc1. The maximum absolute atomic E-state index is 12.2. The molecule has 108 valence electrons. The molecule has 1 heterocycles. The highest BCUT2D eigenvalue weighted by Crippen LogP contribution is 2.19. The van der Waals surface area contributed by atoms with Gasteiger partial charge in [0.25, 0.3) is 5.91 Å². The van der Waals surface area contributed by atoms with E-state index >= 15 is 0 Å². The van der Waals surface area contributed by atoms with E-state index in [1.54, 1.807) is 7.05 Å². The molecular weight excluding hydrogens is 252 g/mol. The lowest BCUT2D eigenvalue weighted by Crippen LogP contribution is -2.43. The van der Waals surface area contributed by atoms with E-state index in [9.17, 15) is 4.79 Å². The summed E-state index contributed by atoms with van der Waals surface area (Å²) in [5.74, 6) is 0.0399. The highest BCUT2D eigenvalue weighted by atomic mass is 16.7. The smallest absolute Gasteiger partial charge is 0.263 e. The molecule has 0 spiro atoms. The fourth-order valence-electron chi connectivity index (χ4n) is 2.51. The fourth-order valence-corrected chi connectivity index (χ4v) is 2.51. The van der Waals surface area contributed by atoms with Gasteiger partial charge in [-0.05, 0) is 24.9 Å². The number of nitrogens with zero attached hydrogens (tertiary/aromatic N) is 2. The van der Waals surface area contributed by atoms with Crippen LogP contribution in [0.25, 0.3) is 6.08 Å². The first-order valence-corrected chi connectivity index (χ1v) is 6.99. The number of carbonyl (C=O) groups excluding carboxylic acids is 1. The van der Waals surface area contributed by atoms with E-state index in [-0.39, 0.29) is 11.9 Å². The largest absolute Gasteiger partial charge is 0.288 e. The zero-order valence-corrected chi connectivity index (χ0v) is 12.2. The van der Waals surface area contributed by atoms with Gasteiger partial charge in [-0.3, -0.25) is 14.5 Å². The Morgan fingerprint density at radius 2 is 2.20 bits per heavy atom. The van der Waals surface area contributed by atoms with Crippen LogP contribution >= 0.6 is 0 Å². The van der Waals surface area contributed by atoms with Gasteiger partial charge in [0, 0.05) is 13.6 Å². The average Bonchev–Trinajstić information content (AvgIpc) is 2.95. The predicted molar refractivity (Wildman–Crippen MR) is 79.9 cm³/mol. The molecular formula is C16H22N2O2. The van der Waals surface area contributed by atoms with Gasteiger partial charge in [0.05, 0.1) is 13.2 Å². The van der Waals surface area contributed by atoms with E-state index in [4.69, 9.17) is 4.84 Å². The normalized spacial score (nSPS) is 19.6. The van der Waals surface area contributed by atoms with Crippen LogP contribution in [0.3, 0.4) is 0 Å². The van der Waals surface area contributed by atoms with Crippen LogP contribution in [-0.2, 0) is 9.63 Å². The third-order valence-electron chi connectivity index (χ3n) is 3.68. The molecule has 1 aromatic rings. The summed E-state index contributed by atoms with van der Waals surface area (Å²) >= 11 is 0. The van der Waals surface area contributed by atoms with E-state index < -0.39 is 0 Å². The maximum Gasteiger partial charge on any atom is 0.263 e. The van der Waals surface area contributed by atoms with E-state index in [1.165, 1.54) is 17.7 Å². The van der Waals surface area contributed by atoms with Crippen molar-refractivity contribution in [2.24, 2.45) is 0 Å². The summed E-state index contributed by atoms with van der Waals surface area (Å²) in [6, 6.07) is 10.1. The third-order valence-corrected chi connectivity index (χ3v) is 3.68. The van der Waals surface area contributed by atoms with Crippen molar-refractivity contribution in [1.82, 2.24) is 9.96 Å². The number of likely N-dealkylation sites (tertiary alicyclic amines) is 1. The monoisotopic (exact) mass is 274 g/mol. The molecule has 0 saturated carbocycles. The van der Waals surface area contributed by atoms with Gasteiger partial charge in [-0.1, -0.05) is 42.5 Å². The molecule has 20 heavy (non-hydrogen) atoms. The van der Waals surface area contributed by atoms with Crippen molar-refractivity contribution in [1.29, 1.82) is 0 Å². The number of benzene rings is 1. The van der Waals surface area contributed by atoms with Crippen LogP contribution in [0.15, 0.2) is 36.4 Å². The topological polar surface area (TPSA) is 32.8 Å². The first-order chi connectivity index (χ1) is 9.72. The first-order valence-electron chi connectivity index (χ1n) is 6.99. The van der Waals surface area contributed by atoms with E-state index in [0.717, 1.165) is 25.9 Å². The van der Waals surface area contributed by atoms with Gasteiger partial charge < -0.3 is 0 Å². The molecule has 4 heteroatoms. The molecule has 0 bridgehead atoms. The Hall–Kier alpha value is -1.65. The quantitative estimate of drug-likeness (QED) is 0.772. The molecule has 1 amide bonds. The van der Waals surface area contributed by atoms with Crippen molar-refractivity contribution in [3.8, 4) is 0 Å². The molecule has 0 aliphatic carbocycles. The lowest BCUT2D eigenvalue weighted by Gasteiger charge is -2.25. The molecule has 1 saturated heterocycles. The summed E-state index contributed by atoms with van der Waals surface area (Å²) in [7, 11) is 3.19. The summed E-state index contributed by atoms with van der Waals surface area (Å²) in [5, 5.41) is 1.32. The predicted octanol–water partition coefficient (Wildman–Crippen LogP) is 2.18. The molecule has 1 aliphatic heterocycles. The van der Waals surface area contributed by atoms with Gasteiger partial charge in [0.2, 0.25) is 0 Å². The van der Waals surface area contributed by atoms with Crippen molar-refractivity contribution in [3.63, 3.8) is 0 Å². The van der Waals surface area contributed by atoms with E-state index in [0.29, 0.717) is 0 Å². The minimum atomic E-state index is -0.0552. The second kappa shape index (κ2) is 7.22. The van der Waals surface area contributed by atoms with Crippen LogP contribution in [0.1, 0.15) is 18.4 Å². The Balaban J connectivity index is 1.91. The second-order valence-corrected chi connectivity index (χ2v) is 4.98. The highest BCUT2D eigenvalue weighted by molar-refractivity contribution is 5.81. The molecule has 0 N–H and O–H groups in total. The lowest BCUT2D eigenvalue weighted by atomic mass is 10.2. The number of likely N-dealkylation sites (N-methyl/N-ethyl adjacent to an activating group) is 1. The molecule has 0 radical (unpaired) electrons. The minimum Gasteiger partial charge on any atom is -0.288 e. The first kappa shape index (κ1) is 14.8. The summed E-state index contributed by atoms with van der Waals surface area (Å²) in [4.78, 5) is 19.3. The van der Waals surface area contributed by atoms with Crippen molar-refractivity contribution >= 4 is 12.0 Å². The number of amides is 1. The van der Waals surface area contributed by atoms with Crippen LogP contribution < -0.4 is 0 Å². The van der Waals surface area contributed by atoms with E-state index in [1.807, 2.05) is 18.2 Å². The third kappa shape index (κ3) is 3.68. The molecule has 1 fully saturated rings. The van der Waals surface area contributed by atoms with Gasteiger partial charge in [-0.2, -0.15) is 0 Å². The summed E-state index contributed by atoms with van der Waals surface area (Å²) in [6.45, 7) is 1.76. The van der Waals surface area contributed by atoms with E-state index in [2.05, 4.69) is 29.2 Å². The Kier molecular flexibility index (Phi) is 5.32. The average molecular weight is 274 g/mol. The van der Waals surface area contributed by atoms with Crippen molar-refractivity contribution in [2.75, 3.05) is 27.2 Å². The maximum atomic E-state index is 12.2. The Morgan fingerprint density at radius 3 is 2.90 bits per heavy atom. The molecule has 0 aromatic heterocycles. The number of rotatable bonds is 5. The number of hydroxylamine groups is 2. The summed E-state index contributed by atoms with van der Waals surface area (Å²) < 4.78 is 0. The number of hydrogen-bond acceptors (Lipinski definition) is 3. The Labute approximate surface area is 120 Å². The molecule has 1 aliphatic rings. The molecule has 0 unspecified atom stereocenters. The van der Waals surface area contributed by atoms with Crippen LogP contribution in [0.2, 0.25) is 0 Å². The number of carbonyl (C=O) groups is 1. The summed E-state index contributed by atoms with van der Waals surface area (Å²) in [6.07, 6.45) is 6.19. The van der Waals surface area contributed by atoms with Crippen molar-refractivity contribution in [2.45, 2.75) is 18.9 Å². The molecule has 1 atom stereocenters. The zero-order valence-electron chi connectivity index (χ0n) is 12.2. The van der Waals surface area contributed by atoms with Crippen LogP contribution in [0.4, 0.5) is 0 Å². The number of hydrogen-bond donors (Lipinski definition) is 0. The van der Waals surface area contributed by atoms with Gasteiger partial charge >= 0.3 is 0 Å². The van der Waals surface area contributed by atoms with Crippen LogP contribution in [0.5, 0.6) is 0 Å². The van der Waals surface area contributed by atoms with Crippen LogP contribution in [-0.4, -0.2) is 49.2 Å². The van der Waals surface area contributed by atoms with Crippen molar-refractivity contribution in [3.05, 3.63) is 42.0 Å². The Bertz CT molecular complexity index is 459. The highest BCUT2D eigenvalue weighted by Gasteiger charge is 2.31. The zero-order chi connectivity index (χ0) is 14.4. The fraction of sp³-hybridized carbons (Fsp3) is 0.438. The van der Waals surface area contributed by atoms with Gasteiger partial charge in [0.1, 0.15) is 0 Å². The van der Waals surface area contributed by atoms with Crippen molar-refractivity contribution < 1.29 is 9.63 Å². The van der Waals surface area contributed by atoms with Gasteiger partial charge in [-0.15, -0.1) is 0 Å². The molecule has 4 nitrogen and oxygen atoms in total. The van der Waals surface area contributed by atoms with Gasteiger partial charge in [-0.25, -0.2) is 5.06 Å². The Morgan fingerprint density at radius 1 is 1.45 bits per heavy atom. The lowest BCUT2D eigenvalue weighted by molar-refractivity contribution is -0.173. The minimum absolute atomic E-state index is 0.0399. The van der Waals surface area contributed by atoms with Gasteiger partial charge in [0.15, 0.2) is 0 Å². The van der Waals surface area contributed by atoms with Crippen LogP contribution in [0, 0.1) is 0 Å². The molecule has 1 aromatic carbocycles.